The molecule has 0 radical (unpaired) electrons. The summed E-state index contributed by atoms with van der Waals surface area (Å²) < 4.78 is 5.59. The molecule has 2 heterocycles. The molecule has 0 bridgehead atoms. The van der Waals surface area contributed by atoms with E-state index in [4.69, 9.17) is 75.0 Å². The summed E-state index contributed by atoms with van der Waals surface area (Å²) in [5.41, 5.74) is 0. The SMILES string of the molecule is CC[N+](CC)(CC)CC.CC[N+](CC)(CC)CC.S=c1ssc([S-])c1[S-].S=c1ssc([S-])c1[S-].[Zn+2]. The zero-order valence-electron chi connectivity index (χ0n) is 22.3. The predicted molar refractivity (Wildman–Crippen MR) is 173 cm³/mol. The molecule has 0 aliphatic rings. The van der Waals surface area contributed by atoms with Gasteiger partial charge in [-0.1, -0.05) is 24.4 Å². The molecule has 0 saturated carbocycles. The second kappa shape index (κ2) is 22.7. The van der Waals surface area contributed by atoms with Gasteiger partial charge < -0.3 is 80.2 Å². The smallest absolute Gasteiger partial charge is 0.778 e. The molecule has 200 valence electrons. The average Bonchev–Trinajstić information content (AvgIpc) is 3.33. The number of rotatable bonds is 8. The summed E-state index contributed by atoms with van der Waals surface area (Å²) in [4.78, 5) is 1.37. The van der Waals surface area contributed by atoms with Crippen LogP contribution in [0.4, 0.5) is 0 Å². The Bertz CT molecular complexity index is 772. The van der Waals surface area contributed by atoms with Crippen LogP contribution in [0.3, 0.4) is 0 Å². The molecular formula is C22H40N2S10Zn. The van der Waals surface area contributed by atoms with Crippen LogP contribution in [-0.4, -0.2) is 61.3 Å². The van der Waals surface area contributed by atoms with E-state index in [9.17, 15) is 0 Å². The Morgan fingerprint density at radius 1 is 0.486 bits per heavy atom. The van der Waals surface area contributed by atoms with Gasteiger partial charge in [0.2, 0.25) is 0 Å². The van der Waals surface area contributed by atoms with Gasteiger partial charge in [-0.05, 0) is 55.4 Å². The van der Waals surface area contributed by atoms with Crippen molar-refractivity contribution in [3.63, 3.8) is 0 Å². The third-order valence-corrected chi connectivity index (χ3v) is 15.5. The molecule has 0 fully saturated rings. The molecule has 0 amide bonds. The van der Waals surface area contributed by atoms with E-state index in [2.05, 4.69) is 55.4 Å². The van der Waals surface area contributed by atoms with Crippen molar-refractivity contribution in [2.45, 2.75) is 73.6 Å². The summed E-state index contributed by atoms with van der Waals surface area (Å²) in [6.07, 6.45) is 0. The van der Waals surface area contributed by atoms with Crippen LogP contribution in [0.25, 0.3) is 0 Å². The second-order valence-electron chi connectivity index (χ2n) is 7.35. The Hall–Kier alpha value is 1.96. The minimum atomic E-state index is 0. The number of quaternary nitrogens is 2. The Labute approximate surface area is 275 Å². The maximum absolute atomic E-state index is 4.84. The molecule has 0 spiro atoms. The van der Waals surface area contributed by atoms with Gasteiger partial charge in [-0.3, -0.25) is 0 Å². The van der Waals surface area contributed by atoms with E-state index in [0.29, 0.717) is 9.79 Å². The van der Waals surface area contributed by atoms with Crippen LogP contribution in [0.2, 0.25) is 0 Å². The van der Waals surface area contributed by atoms with E-state index >= 15 is 0 Å². The normalized spacial score (nSPS) is 10.5. The van der Waals surface area contributed by atoms with Crippen LogP contribution in [0.1, 0.15) is 55.4 Å². The summed E-state index contributed by atoms with van der Waals surface area (Å²) in [6.45, 7) is 28.4. The Balaban J connectivity index is -0.000000387. The molecule has 0 unspecified atom stereocenters. The summed E-state index contributed by atoms with van der Waals surface area (Å²) in [5.74, 6) is 0. The number of hydrogen-bond donors (Lipinski definition) is 0. The van der Waals surface area contributed by atoms with Crippen LogP contribution in [0.5, 0.6) is 0 Å². The molecule has 35 heavy (non-hydrogen) atoms. The monoisotopic (exact) mass is 716 g/mol. The van der Waals surface area contributed by atoms with Crippen molar-refractivity contribution in [2.24, 2.45) is 0 Å². The van der Waals surface area contributed by atoms with Gasteiger partial charge in [0.1, 0.15) is 0 Å². The predicted octanol–water partition coefficient (Wildman–Crippen LogP) is 8.46. The maximum atomic E-state index is 4.84. The maximum Gasteiger partial charge on any atom is 2.00 e. The number of nitrogens with zero attached hydrogens (tertiary/aromatic N) is 2. The summed E-state index contributed by atoms with van der Waals surface area (Å²) in [5, 5.41) is 0. The van der Waals surface area contributed by atoms with Gasteiger partial charge in [-0.25, -0.2) is 0 Å². The standard InChI is InChI=1S/2C8H20N.2C3H2S5.Zn/c2*1-5-9(6-2,7-3)8-4;2*4-1-2(5)7-8-3(1)6;/h2*5-8H2,1-4H3;2*4-5H;/q2*+1;;;+2/p-4. The molecule has 0 atom stereocenters. The van der Waals surface area contributed by atoms with E-state index < -0.39 is 0 Å². The Morgan fingerprint density at radius 2 is 0.686 bits per heavy atom. The average molecular weight is 719 g/mol. The first kappa shape index (κ1) is 41.4. The molecule has 0 aliphatic carbocycles. The molecule has 2 aromatic heterocycles. The minimum Gasteiger partial charge on any atom is -0.778 e. The van der Waals surface area contributed by atoms with Crippen LogP contribution < -0.4 is 0 Å². The third kappa shape index (κ3) is 15.4. The largest absolute Gasteiger partial charge is 2.00 e. The second-order valence-corrected chi connectivity index (χ2v) is 15.1. The molecule has 2 nitrogen and oxygen atoms in total. The fraction of sp³-hybridized carbons (Fsp3) is 0.727. The van der Waals surface area contributed by atoms with Crippen molar-refractivity contribution in [2.75, 3.05) is 52.4 Å². The van der Waals surface area contributed by atoms with Crippen molar-refractivity contribution in [3.05, 3.63) is 7.65 Å². The van der Waals surface area contributed by atoms with Gasteiger partial charge >= 0.3 is 19.5 Å². The summed E-state index contributed by atoms with van der Waals surface area (Å²) in [6, 6.07) is 0. The van der Waals surface area contributed by atoms with Crippen molar-refractivity contribution in [1.82, 2.24) is 0 Å². The van der Waals surface area contributed by atoms with Gasteiger partial charge in [0.25, 0.3) is 0 Å². The van der Waals surface area contributed by atoms with Crippen molar-refractivity contribution in [1.29, 1.82) is 0 Å². The molecule has 0 N–H and O–H groups in total. The zero-order chi connectivity index (χ0) is 26.9. The van der Waals surface area contributed by atoms with Crippen molar-refractivity contribution in [3.8, 4) is 0 Å². The van der Waals surface area contributed by atoms with Crippen LogP contribution in [0, 0.1) is 7.65 Å². The quantitative estimate of drug-likeness (QED) is 0.0878. The molecule has 2 aromatic rings. The van der Waals surface area contributed by atoms with Crippen LogP contribution in [0.15, 0.2) is 18.2 Å². The van der Waals surface area contributed by atoms with Gasteiger partial charge in [-0.2, -0.15) is 30.5 Å². The first-order chi connectivity index (χ1) is 15.9. The summed E-state index contributed by atoms with van der Waals surface area (Å²) in [7, 11) is 5.92. The van der Waals surface area contributed by atoms with Crippen molar-refractivity contribution >= 4 is 116 Å². The van der Waals surface area contributed by atoms with Crippen LogP contribution in [-0.2, 0) is 70.0 Å². The fourth-order valence-electron chi connectivity index (χ4n) is 3.15. The van der Waals surface area contributed by atoms with Gasteiger partial charge in [-0.15, -0.1) is 8.42 Å². The molecule has 0 aromatic carbocycles. The molecule has 0 aliphatic heterocycles. The van der Waals surface area contributed by atoms with E-state index in [1.54, 1.807) is 0 Å². The topological polar surface area (TPSA) is 0 Å². The molecule has 13 heteroatoms. The van der Waals surface area contributed by atoms with Gasteiger partial charge in [0.15, 0.2) is 0 Å². The van der Waals surface area contributed by atoms with E-state index in [1.165, 1.54) is 103 Å². The Kier molecular flexibility index (Phi) is 26.9. The molecule has 0 saturated heterocycles. The van der Waals surface area contributed by atoms with Crippen LogP contribution >= 0.6 is 65.8 Å². The summed E-state index contributed by atoms with van der Waals surface area (Å²) >= 11 is 29.0. The minimum absolute atomic E-state index is 0. The van der Waals surface area contributed by atoms with Gasteiger partial charge in [0, 0.05) is 0 Å². The first-order valence-corrected chi connectivity index (χ1v) is 18.3. The van der Waals surface area contributed by atoms with E-state index in [-0.39, 0.29) is 19.5 Å². The first-order valence-electron chi connectivity index (χ1n) is 11.6. The number of hydrogen-bond acceptors (Lipinski definition) is 10. The van der Waals surface area contributed by atoms with Crippen molar-refractivity contribution < 1.29 is 28.4 Å². The van der Waals surface area contributed by atoms with E-state index in [0.717, 1.165) is 16.1 Å². The third-order valence-electron chi connectivity index (χ3n) is 6.49. The van der Waals surface area contributed by atoms with E-state index in [1.807, 2.05) is 0 Å². The van der Waals surface area contributed by atoms with Gasteiger partial charge in [0.05, 0.1) is 60.0 Å². The Morgan fingerprint density at radius 3 is 0.714 bits per heavy atom. The molecular weight excluding hydrogens is 678 g/mol. The zero-order valence-corrected chi connectivity index (χ0v) is 33.5. The molecule has 2 rings (SSSR count). The fourth-order valence-corrected chi connectivity index (χ4v) is 9.36.